The third kappa shape index (κ3) is 4.57. The van der Waals surface area contributed by atoms with Crippen LogP contribution >= 0.6 is 0 Å². The van der Waals surface area contributed by atoms with E-state index >= 15 is 0 Å². The van der Waals surface area contributed by atoms with E-state index in [0.29, 0.717) is 32.5 Å². The van der Waals surface area contributed by atoms with Gasteiger partial charge < -0.3 is 19.5 Å². The number of morpholine rings is 1. The molecule has 0 aliphatic carbocycles. The Bertz CT molecular complexity index is 452. The molecule has 7 nitrogen and oxygen atoms in total. The number of likely N-dealkylation sites (N-methyl/N-ethyl adjacent to an activating group) is 1. The van der Waals surface area contributed by atoms with Crippen molar-refractivity contribution in [2.24, 2.45) is 0 Å². The van der Waals surface area contributed by atoms with Crippen LogP contribution in [0.3, 0.4) is 0 Å². The number of carbonyl (C=O) groups is 2. The fourth-order valence-electron chi connectivity index (χ4n) is 3.15. The van der Waals surface area contributed by atoms with E-state index in [4.69, 9.17) is 9.47 Å². The van der Waals surface area contributed by atoms with Gasteiger partial charge in [0.15, 0.2) is 6.10 Å². The predicted molar refractivity (Wildman–Crippen MR) is 84.4 cm³/mol. The second-order valence-electron chi connectivity index (χ2n) is 7.42. The lowest BCUT2D eigenvalue weighted by molar-refractivity contribution is -0.194. The number of piperidine rings is 1. The monoisotopic (exact) mass is 328 g/mol. The second kappa shape index (κ2) is 6.65. The molecule has 2 saturated heterocycles. The maximum Gasteiger partial charge on any atom is 0.410 e. The number of carboxylic acids is 1. The first-order valence-electron chi connectivity index (χ1n) is 8.25. The summed E-state index contributed by atoms with van der Waals surface area (Å²) in [5.41, 5.74) is -0.989. The van der Waals surface area contributed by atoms with Gasteiger partial charge in [0.05, 0.1) is 5.60 Å². The average Bonchev–Trinajstić information content (AvgIpc) is 2.45. The Labute approximate surface area is 137 Å². The summed E-state index contributed by atoms with van der Waals surface area (Å²) in [4.78, 5) is 27.3. The van der Waals surface area contributed by atoms with Gasteiger partial charge in [-0.05, 0) is 40.2 Å². The Kier molecular flexibility index (Phi) is 5.20. The molecule has 1 N–H and O–H groups in total. The molecule has 23 heavy (non-hydrogen) atoms. The van der Waals surface area contributed by atoms with E-state index in [9.17, 15) is 14.7 Å². The Morgan fingerprint density at radius 1 is 1.30 bits per heavy atom. The number of nitrogens with zero attached hydrogens (tertiary/aromatic N) is 2. The van der Waals surface area contributed by atoms with Gasteiger partial charge in [-0.25, -0.2) is 9.59 Å². The predicted octanol–water partition coefficient (Wildman–Crippen LogP) is 1.56. The molecule has 1 spiro atoms. The highest BCUT2D eigenvalue weighted by molar-refractivity contribution is 5.73. The fraction of sp³-hybridized carbons (Fsp3) is 0.875. The summed E-state index contributed by atoms with van der Waals surface area (Å²) in [5.74, 6) is -0.919. The summed E-state index contributed by atoms with van der Waals surface area (Å²) in [6.07, 6.45) is 0.154. The van der Waals surface area contributed by atoms with Crippen LogP contribution in [0.15, 0.2) is 0 Å². The van der Waals surface area contributed by atoms with Gasteiger partial charge in [0.25, 0.3) is 0 Å². The first-order chi connectivity index (χ1) is 10.6. The van der Waals surface area contributed by atoms with Crippen molar-refractivity contribution in [3.05, 3.63) is 0 Å². The first kappa shape index (κ1) is 18.0. The van der Waals surface area contributed by atoms with Crippen LogP contribution in [-0.4, -0.2) is 77.0 Å². The van der Waals surface area contributed by atoms with Gasteiger partial charge in [-0.1, -0.05) is 6.92 Å². The van der Waals surface area contributed by atoms with E-state index in [1.54, 1.807) is 4.90 Å². The smallest absolute Gasteiger partial charge is 0.410 e. The first-order valence-corrected chi connectivity index (χ1v) is 8.25. The van der Waals surface area contributed by atoms with Crippen LogP contribution < -0.4 is 0 Å². The van der Waals surface area contributed by atoms with Crippen molar-refractivity contribution in [2.75, 3.05) is 32.7 Å². The van der Waals surface area contributed by atoms with Gasteiger partial charge in [-0.2, -0.15) is 0 Å². The van der Waals surface area contributed by atoms with E-state index in [2.05, 4.69) is 4.90 Å². The number of amides is 1. The van der Waals surface area contributed by atoms with E-state index in [-0.39, 0.29) is 6.09 Å². The molecular formula is C16H28N2O5. The molecule has 2 aliphatic heterocycles. The number of likely N-dealkylation sites (tertiary alicyclic amines) is 1. The summed E-state index contributed by atoms with van der Waals surface area (Å²) >= 11 is 0. The number of aliphatic carboxylic acids is 1. The third-order valence-electron chi connectivity index (χ3n) is 4.38. The molecule has 2 heterocycles. The maximum absolute atomic E-state index is 12.1. The molecule has 0 aromatic heterocycles. The zero-order valence-corrected chi connectivity index (χ0v) is 14.5. The van der Waals surface area contributed by atoms with Crippen LogP contribution in [0.2, 0.25) is 0 Å². The summed E-state index contributed by atoms with van der Waals surface area (Å²) in [5, 5.41) is 9.30. The molecule has 0 unspecified atom stereocenters. The van der Waals surface area contributed by atoms with Crippen LogP contribution in [0.25, 0.3) is 0 Å². The highest BCUT2D eigenvalue weighted by Gasteiger charge is 2.45. The highest BCUT2D eigenvalue weighted by atomic mass is 16.6. The molecule has 1 amide bonds. The van der Waals surface area contributed by atoms with Crippen molar-refractivity contribution in [1.29, 1.82) is 0 Å². The van der Waals surface area contributed by atoms with Gasteiger partial charge in [0, 0.05) is 26.2 Å². The Hall–Kier alpha value is -1.34. The summed E-state index contributed by atoms with van der Waals surface area (Å²) < 4.78 is 11.3. The lowest BCUT2D eigenvalue weighted by Crippen LogP contribution is -2.61. The molecular weight excluding hydrogens is 300 g/mol. The number of ether oxygens (including phenoxy) is 2. The molecule has 2 rings (SSSR count). The quantitative estimate of drug-likeness (QED) is 0.829. The minimum Gasteiger partial charge on any atom is -0.479 e. The van der Waals surface area contributed by atoms with E-state index < -0.39 is 23.3 Å². The molecule has 2 aliphatic rings. The molecule has 2 fully saturated rings. The SMILES string of the molecule is CCN1C[C@@H](C(=O)O)OC2(CCN(C(=O)OC(C)(C)C)CC2)C1. The molecule has 0 bridgehead atoms. The lowest BCUT2D eigenvalue weighted by Gasteiger charge is -2.48. The molecule has 132 valence electrons. The minimum absolute atomic E-state index is 0.315. The van der Waals surface area contributed by atoms with Gasteiger partial charge in [-0.15, -0.1) is 0 Å². The van der Waals surface area contributed by atoms with Crippen molar-refractivity contribution in [3.8, 4) is 0 Å². The summed E-state index contributed by atoms with van der Waals surface area (Å²) in [6.45, 7) is 10.5. The number of hydrogen-bond donors (Lipinski definition) is 1. The zero-order valence-electron chi connectivity index (χ0n) is 14.5. The number of carboxylic acid groups (broad SMARTS) is 1. The maximum atomic E-state index is 12.1. The van der Waals surface area contributed by atoms with Crippen LogP contribution in [0, 0.1) is 0 Å². The third-order valence-corrected chi connectivity index (χ3v) is 4.38. The van der Waals surface area contributed by atoms with Crippen LogP contribution in [0.4, 0.5) is 4.79 Å². The van der Waals surface area contributed by atoms with E-state index in [1.807, 2.05) is 27.7 Å². The zero-order chi connectivity index (χ0) is 17.3. The topological polar surface area (TPSA) is 79.3 Å². The molecule has 1 atom stereocenters. The number of hydrogen-bond acceptors (Lipinski definition) is 5. The molecule has 0 saturated carbocycles. The van der Waals surface area contributed by atoms with Crippen molar-refractivity contribution in [2.45, 2.75) is 57.8 Å². The summed E-state index contributed by atoms with van der Waals surface area (Å²) in [6, 6.07) is 0. The van der Waals surface area contributed by atoms with Crippen LogP contribution in [-0.2, 0) is 14.3 Å². The molecule has 0 radical (unpaired) electrons. The van der Waals surface area contributed by atoms with Crippen molar-refractivity contribution >= 4 is 12.1 Å². The number of carbonyl (C=O) groups excluding carboxylic acids is 1. The van der Waals surface area contributed by atoms with Crippen LogP contribution in [0.1, 0.15) is 40.5 Å². The van der Waals surface area contributed by atoms with Crippen molar-refractivity contribution < 1.29 is 24.2 Å². The number of rotatable bonds is 2. The van der Waals surface area contributed by atoms with E-state index in [0.717, 1.165) is 13.1 Å². The Balaban J connectivity index is 1.98. The normalized spacial score (nSPS) is 25.4. The fourth-order valence-corrected chi connectivity index (χ4v) is 3.15. The molecule has 7 heteroatoms. The van der Waals surface area contributed by atoms with Gasteiger partial charge in [0.1, 0.15) is 5.60 Å². The van der Waals surface area contributed by atoms with Crippen molar-refractivity contribution in [1.82, 2.24) is 9.80 Å². The lowest BCUT2D eigenvalue weighted by atomic mass is 9.88. The minimum atomic E-state index is -0.919. The highest BCUT2D eigenvalue weighted by Crippen LogP contribution is 2.33. The van der Waals surface area contributed by atoms with E-state index in [1.165, 1.54) is 0 Å². The van der Waals surface area contributed by atoms with Crippen LogP contribution in [0.5, 0.6) is 0 Å². The van der Waals surface area contributed by atoms with Gasteiger partial charge >= 0.3 is 12.1 Å². The van der Waals surface area contributed by atoms with Crippen molar-refractivity contribution in [3.63, 3.8) is 0 Å². The van der Waals surface area contributed by atoms with Gasteiger partial charge in [0.2, 0.25) is 0 Å². The Morgan fingerprint density at radius 2 is 1.91 bits per heavy atom. The molecule has 0 aromatic rings. The average molecular weight is 328 g/mol. The standard InChI is InChI=1S/C16H28N2O5/c1-5-17-10-12(13(19)20)22-16(11-17)6-8-18(9-7-16)14(21)23-15(2,3)4/h12H,5-11H2,1-4H3,(H,19,20)/t12-/m0/s1. The largest absolute Gasteiger partial charge is 0.479 e. The second-order valence-corrected chi connectivity index (χ2v) is 7.42. The Morgan fingerprint density at radius 3 is 2.39 bits per heavy atom. The van der Waals surface area contributed by atoms with Gasteiger partial charge in [-0.3, -0.25) is 4.90 Å². The molecule has 0 aromatic carbocycles. The summed E-state index contributed by atoms with van der Waals surface area (Å²) in [7, 11) is 0.